The van der Waals surface area contributed by atoms with Crippen molar-refractivity contribution in [3.05, 3.63) is 17.8 Å². The fraction of sp³-hybridized carbons (Fsp3) is 0.538. The normalized spacial score (nSPS) is 11.9. The average molecular weight is 251 g/mol. The van der Waals surface area contributed by atoms with Crippen LogP contribution in [0.5, 0.6) is 0 Å². The molecule has 100 valence electrons. The average Bonchev–Trinajstić information content (AvgIpc) is 2.39. The van der Waals surface area contributed by atoms with Gasteiger partial charge in [-0.3, -0.25) is 0 Å². The van der Waals surface area contributed by atoms with Crippen molar-refractivity contribution in [1.29, 1.82) is 0 Å². The molecule has 0 fully saturated rings. The van der Waals surface area contributed by atoms with Crippen molar-refractivity contribution >= 4 is 17.5 Å². The van der Waals surface area contributed by atoms with Gasteiger partial charge in [0.15, 0.2) is 5.69 Å². The standard InChI is InChI=1S/C13H21N3O2/c1-4-6-9(5-2)15-12-10(14)7-8-11(16-12)13(17)18-3/h7-9H,4-6,14H2,1-3H3,(H,15,16). The lowest BCUT2D eigenvalue weighted by Crippen LogP contribution is -2.20. The molecule has 0 aromatic carbocycles. The summed E-state index contributed by atoms with van der Waals surface area (Å²) < 4.78 is 4.64. The van der Waals surface area contributed by atoms with E-state index in [2.05, 4.69) is 28.9 Å². The van der Waals surface area contributed by atoms with Crippen LogP contribution < -0.4 is 11.1 Å². The number of anilines is 2. The number of carbonyl (C=O) groups excluding carboxylic acids is 1. The number of ether oxygens (including phenoxy) is 1. The monoisotopic (exact) mass is 251 g/mol. The van der Waals surface area contributed by atoms with E-state index in [1.165, 1.54) is 7.11 Å². The minimum atomic E-state index is -0.457. The van der Waals surface area contributed by atoms with E-state index >= 15 is 0 Å². The van der Waals surface area contributed by atoms with Gasteiger partial charge in [-0.25, -0.2) is 9.78 Å². The van der Waals surface area contributed by atoms with Crippen LogP contribution in [0.3, 0.4) is 0 Å². The van der Waals surface area contributed by atoms with E-state index in [0.29, 0.717) is 17.5 Å². The van der Waals surface area contributed by atoms with Gasteiger partial charge >= 0.3 is 5.97 Å². The van der Waals surface area contributed by atoms with Crippen LogP contribution >= 0.6 is 0 Å². The Balaban J connectivity index is 2.89. The number of nitrogens with one attached hydrogen (secondary N) is 1. The fourth-order valence-corrected chi connectivity index (χ4v) is 1.72. The number of nitrogens with two attached hydrogens (primary N) is 1. The molecule has 1 aromatic heterocycles. The van der Waals surface area contributed by atoms with Gasteiger partial charge in [0.25, 0.3) is 0 Å². The van der Waals surface area contributed by atoms with Crippen molar-refractivity contribution in [1.82, 2.24) is 4.98 Å². The van der Waals surface area contributed by atoms with E-state index < -0.39 is 5.97 Å². The number of hydrogen-bond donors (Lipinski definition) is 2. The molecule has 1 unspecified atom stereocenters. The highest BCUT2D eigenvalue weighted by atomic mass is 16.5. The maximum atomic E-state index is 11.4. The van der Waals surface area contributed by atoms with Crippen molar-refractivity contribution in [3.63, 3.8) is 0 Å². The molecule has 1 rings (SSSR count). The Hall–Kier alpha value is -1.78. The number of rotatable bonds is 6. The zero-order valence-corrected chi connectivity index (χ0v) is 11.2. The molecule has 5 heteroatoms. The van der Waals surface area contributed by atoms with Crippen LogP contribution in [0.15, 0.2) is 12.1 Å². The van der Waals surface area contributed by atoms with E-state index in [-0.39, 0.29) is 5.69 Å². The summed E-state index contributed by atoms with van der Waals surface area (Å²) >= 11 is 0. The van der Waals surface area contributed by atoms with Crippen LogP contribution in [0.1, 0.15) is 43.6 Å². The van der Waals surface area contributed by atoms with E-state index in [1.807, 2.05) is 0 Å². The van der Waals surface area contributed by atoms with Gasteiger partial charge in [-0.05, 0) is 25.0 Å². The summed E-state index contributed by atoms with van der Waals surface area (Å²) in [6.45, 7) is 4.24. The molecular formula is C13H21N3O2. The lowest BCUT2D eigenvalue weighted by molar-refractivity contribution is 0.0594. The number of esters is 1. The predicted octanol–water partition coefficient (Wildman–Crippen LogP) is 2.44. The number of carbonyl (C=O) groups is 1. The Morgan fingerprint density at radius 2 is 2.22 bits per heavy atom. The number of methoxy groups -OCH3 is 1. The molecule has 1 heterocycles. The summed E-state index contributed by atoms with van der Waals surface area (Å²) in [7, 11) is 1.33. The second kappa shape index (κ2) is 6.83. The van der Waals surface area contributed by atoms with Crippen molar-refractivity contribution in [3.8, 4) is 0 Å². The third-order valence-corrected chi connectivity index (χ3v) is 2.79. The van der Waals surface area contributed by atoms with E-state index in [1.54, 1.807) is 12.1 Å². The molecule has 0 spiro atoms. The Morgan fingerprint density at radius 1 is 1.50 bits per heavy atom. The van der Waals surface area contributed by atoms with Crippen LogP contribution in [0, 0.1) is 0 Å². The zero-order valence-electron chi connectivity index (χ0n) is 11.2. The summed E-state index contributed by atoms with van der Waals surface area (Å²) in [6.07, 6.45) is 3.11. The van der Waals surface area contributed by atoms with Crippen molar-refractivity contribution < 1.29 is 9.53 Å². The molecule has 0 saturated heterocycles. The van der Waals surface area contributed by atoms with Crippen LogP contribution in [0.25, 0.3) is 0 Å². The predicted molar refractivity (Wildman–Crippen MR) is 72.6 cm³/mol. The number of nitrogen functional groups attached to an aromatic ring is 1. The van der Waals surface area contributed by atoms with E-state index in [9.17, 15) is 4.79 Å². The van der Waals surface area contributed by atoms with Gasteiger partial charge < -0.3 is 15.8 Å². The Bertz CT molecular complexity index is 407. The molecule has 18 heavy (non-hydrogen) atoms. The summed E-state index contributed by atoms with van der Waals surface area (Å²) in [5.74, 6) is 0.0970. The summed E-state index contributed by atoms with van der Waals surface area (Å²) in [5, 5.41) is 3.27. The maximum Gasteiger partial charge on any atom is 0.356 e. The van der Waals surface area contributed by atoms with Gasteiger partial charge in [-0.15, -0.1) is 0 Å². The lowest BCUT2D eigenvalue weighted by atomic mass is 10.1. The molecule has 5 nitrogen and oxygen atoms in total. The van der Waals surface area contributed by atoms with Gasteiger partial charge in [-0.1, -0.05) is 20.3 Å². The van der Waals surface area contributed by atoms with Crippen LogP contribution in [-0.2, 0) is 4.74 Å². The SMILES string of the molecule is CCCC(CC)Nc1nc(C(=O)OC)ccc1N. The van der Waals surface area contributed by atoms with Gasteiger partial charge in [0.05, 0.1) is 12.8 Å². The first-order valence-electron chi connectivity index (χ1n) is 6.23. The third-order valence-electron chi connectivity index (χ3n) is 2.79. The second-order valence-electron chi connectivity index (χ2n) is 4.16. The molecule has 0 aliphatic rings. The topological polar surface area (TPSA) is 77.2 Å². The molecule has 0 amide bonds. The minimum Gasteiger partial charge on any atom is -0.464 e. The van der Waals surface area contributed by atoms with Crippen molar-refractivity contribution in [2.75, 3.05) is 18.2 Å². The molecule has 0 saturated carbocycles. The van der Waals surface area contributed by atoms with Crippen molar-refractivity contribution in [2.45, 2.75) is 39.2 Å². The maximum absolute atomic E-state index is 11.4. The van der Waals surface area contributed by atoms with Gasteiger partial charge in [0.1, 0.15) is 5.82 Å². The van der Waals surface area contributed by atoms with Crippen molar-refractivity contribution in [2.24, 2.45) is 0 Å². The summed E-state index contributed by atoms with van der Waals surface area (Å²) in [5.41, 5.74) is 6.66. The van der Waals surface area contributed by atoms with Gasteiger partial charge in [0, 0.05) is 6.04 Å². The Morgan fingerprint density at radius 3 is 2.78 bits per heavy atom. The first-order chi connectivity index (χ1) is 8.62. The number of pyridine rings is 1. The molecule has 0 aliphatic heterocycles. The summed E-state index contributed by atoms with van der Waals surface area (Å²) in [6, 6.07) is 3.55. The molecule has 0 radical (unpaired) electrons. The molecule has 3 N–H and O–H groups in total. The molecule has 1 atom stereocenters. The second-order valence-corrected chi connectivity index (χ2v) is 4.16. The summed E-state index contributed by atoms with van der Waals surface area (Å²) in [4.78, 5) is 15.6. The van der Waals surface area contributed by atoms with Crippen LogP contribution in [-0.4, -0.2) is 24.1 Å². The van der Waals surface area contributed by atoms with Gasteiger partial charge in [-0.2, -0.15) is 0 Å². The van der Waals surface area contributed by atoms with Crippen LogP contribution in [0.2, 0.25) is 0 Å². The first kappa shape index (κ1) is 14.3. The number of nitrogens with zero attached hydrogens (tertiary/aromatic N) is 1. The zero-order chi connectivity index (χ0) is 13.5. The molecule has 0 aliphatic carbocycles. The highest BCUT2D eigenvalue weighted by Crippen LogP contribution is 2.19. The van der Waals surface area contributed by atoms with E-state index in [0.717, 1.165) is 19.3 Å². The van der Waals surface area contributed by atoms with E-state index in [4.69, 9.17) is 5.73 Å². The largest absolute Gasteiger partial charge is 0.464 e. The molecule has 1 aromatic rings. The third kappa shape index (κ3) is 3.61. The number of hydrogen-bond acceptors (Lipinski definition) is 5. The highest BCUT2D eigenvalue weighted by Gasteiger charge is 2.12. The molecular weight excluding hydrogens is 230 g/mol. The minimum absolute atomic E-state index is 0.264. The van der Waals surface area contributed by atoms with Crippen LogP contribution in [0.4, 0.5) is 11.5 Å². The highest BCUT2D eigenvalue weighted by molar-refractivity contribution is 5.88. The first-order valence-corrected chi connectivity index (χ1v) is 6.23. The quantitative estimate of drug-likeness (QED) is 0.759. The molecule has 0 bridgehead atoms. The smallest absolute Gasteiger partial charge is 0.356 e. The lowest BCUT2D eigenvalue weighted by Gasteiger charge is -2.18. The Labute approximate surface area is 108 Å². The Kier molecular flexibility index (Phi) is 5.42. The fourth-order valence-electron chi connectivity index (χ4n) is 1.72. The number of aromatic nitrogens is 1. The van der Waals surface area contributed by atoms with Gasteiger partial charge in [0.2, 0.25) is 0 Å².